The van der Waals surface area contributed by atoms with Crippen molar-refractivity contribution in [2.45, 2.75) is 55.8 Å². The van der Waals surface area contributed by atoms with Gasteiger partial charge in [0.25, 0.3) is 0 Å². The van der Waals surface area contributed by atoms with Gasteiger partial charge in [0.15, 0.2) is 5.96 Å². The van der Waals surface area contributed by atoms with Crippen molar-refractivity contribution in [2.24, 2.45) is 10.9 Å². The van der Waals surface area contributed by atoms with E-state index >= 15 is 0 Å². The second-order valence-electron chi connectivity index (χ2n) is 7.02. The molecule has 1 heterocycles. The number of rotatable bonds is 6. The van der Waals surface area contributed by atoms with Crippen LogP contribution in [0.1, 0.15) is 39.0 Å². The summed E-state index contributed by atoms with van der Waals surface area (Å²) in [6, 6.07) is 0.388. The maximum absolute atomic E-state index is 12.6. The van der Waals surface area contributed by atoms with Gasteiger partial charge in [-0.1, -0.05) is 0 Å². The van der Waals surface area contributed by atoms with Gasteiger partial charge < -0.3 is 10.6 Å². The Bertz CT molecular complexity index is 612. The SMILES string of the molecule is CCNC(=NCC1CCN(S(=O)(=O)C(F)(F)F)CC1)NC1CCC(SC)C1.I. The minimum absolute atomic E-state index is 0. The first-order chi connectivity index (χ1) is 12.7. The summed E-state index contributed by atoms with van der Waals surface area (Å²) >= 11 is 1.88. The van der Waals surface area contributed by atoms with E-state index in [4.69, 9.17) is 0 Å². The fraction of sp³-hybridized carbons (Fsp3) is 0.938. The maximum Gasteiger partial charge on any atom is 0.511 e. The number of nitrogens with zero attached hydrogens (tertiary/aromatic N) is 2. The molecule has 0 radical (unpaired) electrons. The molecule has 2 N–H and O–H groups in total. The summed E-state index contributed by atoms with van der Waals surface area (Å²) in [6.45, 7) is 2.98. The fourth-order valence-corrected chi connectivity index (χ4v) is 5.28. The Hall–Kier alpha value is 0.0500. The highest BCUT2D eigenvalue weighted by Crippen LogP contribution is 2.30. The van der Waals surface area contributed by atoms with Gasteiger partial charge in [-0.25, -0.2) is 8.42 Å². The maximum atomic E-state index is 12.6. The number of hydrogen-bond acceptors (Lipinski definition) is 4. The van der Waals surface area contributed by atoms with Crippen LogP contribution >= 0.6 is 35.7 Å². The summed E-state index contributed by atoms with van der Waals surface area (Å²) in [7, 11) is -5.22. The largest absolute Gasteiger partial charge is 0.511 e. The lowest BCUT2D eigenvalue weighted by Crippen LogP contribution is -2.45. The van der Waals surface area contributed by atoms with Gasteiger partial charge in [-0.05, 0) is 51.2 Å². The van der Waals surface area contributed by atoms with E-state index in [2.05, 4.69) is 21.9 Å². The number of hydrogen-bond donors (Lipinski definition) is 2. The van der Waals surface area contributed by atoms with Crippen LogP contribution in [-0.4, -0.2) is 67.9 Å². The van der Waals surface area contributed by atoms with Gasteiger partial charge in [0.1, 0.15) is 0 Å². The second-order valence-corrected chi connectivity index (χ2v) is 10.1. The van der Waals surface area contributed by atoms with Gasteiger partial charge in [-0.15, -0.1) is 24.0 Å². The molecule has 0 bridgehead atoms. The van der Waals surface area contributed by atoms with Gasteiger partial charge >= 0.3 is 15.5 Å². The van der Waals surface area contributed by atoms with E-state index in [9.17, 15) is 21.6 Å². The van der Waals surface area contributed by atoms with Crippen molar-refractivity contribution in [1.29, 1.82) is 0 Å². The molecule has 6 nitrogen and oxygen atoms in total. The Morgan fingerprint density at radius 1 is 1.21 bits per heavy atom. The molecule has 2 unspecified atom stereocenters. The number of thioether (sulfide) groups is 1. The van der Waals surface area contributed by atoms with E-state index < -0.39 is 15.5 Å². The molecule has 1 saturated carbocycles. The molecule has 2 rings (SSSR count). The lowest BCUT2D eigenvalue weighted by molar-refractivity contribution is -0.0496. The number of nitrogens with one attached hydrogen (secondary N) is 2. The Morgan fingerprint density at radius 3 is 2.36 bits per heavy atom. The van der Waals surface area contributed by atoms with E-state index in [0.29, 0.717) is 35.0 Å². The third-order valence-electron chi connectivity index (χ3n) is 5.12. The molecule has 0 aromatic heterocycles. The average Bonchev–Trinajstić information content (AvgIpc) is 3.07. The molecule has 0 spiro atoms. The van der Waals surface area contributed by atoms with Gasteiger partial charge in [-0.3, -0.25) is 4.99 Å². The zero-order valence-corrected chi connectivity index (χ0v) is 20.1. The monoisotopic (exact) mass is 558 g/mol. The predicted molar refractivity (Wildman–Crippen MR) is 119 cm³/mol. The summed E-state index contributed by atoms with van der Waals surface area (Å²) in [5, 5.41) is 7.33. The zero-order chi connectivity index (χ0) is 20.1. The number of piperidine rings is 1. The van der Waals surface area contributed by atoms with Crippen LogP contribution in [0.3, 0.4) is 0 Å². The average molecular weight is 558 g/mol. The highest BCUT2D eigenvalue weighted by Gasteiger charge is 2.50. The van der Waals surface area contributed by atoms with Crippen molar-refractivity contribution in [3.05, 3.63) is 0 Å². The molecule has 1 aliphatic heterocycles. The molecule has 0 aromatic carbocycles. The quantitative estimate of drug-likeness (QED) is 0.298. The molecule has 0 amide bonds. The van der Waals surface area contributed by atoms with Crippen LogP contribution in [0.25, 0.3) is 0 Å². The van der Waals surface area contributed by atoms with Crippen LogP contribution in [0.4, 0.5) is 13.2 Å². The first-order valence-electron chi connectivity index (χ1n) is 9.31. The summed E-state index contributed by atoms with van der Waals surface area (Å²) in [4.78, 5) is 4.58. The number of aliphatic imine (C=N–C) groups is 1. The van der Waals surface area contributed by atoms with Crippen molar-refractivity contribution < 1.29 is 21.6 Å². The standard InChI is InChI=1S/C16H29F3N4O2S2.HI/c1-3-20-15(22-13-4-5-14(10-13)26-2)21-11-12-6-8-23(9-7-12)27(24,25)16(17,18)19;/h12-14H,3-11H2,1-2H3,(H2,20,21,22);1H. The van der Waals surface area contributed by atoms with Crippen LogP contribution in [0.2, 0.25) is 0 Å². The van der Waals surface area contributed by atoms with Crippen LogP contribution < -0.4 is 10.6 Å². The fourth-order valence-electron chi connectivity index (χ4n) is 3.50. The van der Waals surface area contributed by atoms with E-state index in [1.165, 1.54) is 6.42 Å². The molecule has 12 heteroatoms. The Labute approximate surface area is 186 Å². The lowest BCUT2D eigenvalue weighted by Gasteiger charge is -2.31. The number of sulfonamides is 1. The van der Waals surface area contributed by atoms with Crippen molar-refractivity contribution >= 4 is 51.7 Å². The van der Waals surface area contributed by atoms with Gasteiger partial charge in [-0.2, -0.15) is 29.2 Å². The molecular formula is C16H30F3IN4O2S2. The molecule has 2 fully saturated rings. The first kappa shape index (κ1) is 26.1. The summed E-state index contributed by atoms with van der Waals surface area (Å²) in [5.74, 6) is 0.817. The second kappa shape index (κ2) is 11.4. The van der Waals surface area contributed by atoms with E-state index in [1.807, 2.05) is 18.7 Å². The van der Waals surface area contributed by atoms with Crippen LogP contribution in [-0.2, 0) is 10.0 Å². The van der Waals surface area contributed by atoms with Crippen LogP contribution in [0.15, 0.2) is 4.99 Å². The normalized spacial score (nSPS) is 25.4. The Balaban J connectivity index is 0.00000392. The van der Waals surface area contributed by atoms with Crippen molar-refractivity contribution in [1.82, 2.24) is 14.9 Å². The minimum atomic E-state index is -5.23. The topological polar surface area (TPSA) is 73.8 Å². The Morgan fingerprint density at radius 2 is 1.86 bits per heavy atom. The smallest absolute Gasteiger partial charge is 0.357 e. The third kappa shape index (κ3) is 7.08. The zero-order valence-electron chi connectivity index (χ0n) is 16.2. The van der Waals surface area contributed by atoms with Crippen molar-refractivity contribution in [2.75, 3.05) is 32.4 Å². The highest BCUT2D eigenvalue weighted by atomic mass is 127. The van der Waals surface area contributed by atoms with E-state index in [-0.39, 0.29) is 43.0 Å². The molecule has 1 aliphatic carbocycles. The van der Waals surface area contributed by atoms with Crippen molar-refractivity contribution in [3.8, 4) is 0 Å². The highest BCUT2D eigenvalue weighted by molar-refractivity contribution is 14.0. The first-order valence-corrected chi connectivity index (χ1v) is 12.0. The number of guanidine groups is 1. The Kier molecular flexibility index (Phi) is 10.7. The molecule has 28 heavy (non-hydrogen) atoms. The summed E-state index contributed by atoms with van der Waals surface area (Å²) in [6.07, 6.45) is 6.28. The summed E-state index contributed by atoms with van der Waals surface area (Å²) < 4.78 is 61.4. The van der Waals surface area contributed by atoms with E-state index in [1.54, 1.807) is 0 Å². The molecule has 0 aromatic rings. The molecule has 166 valence electrons. The van der Waals surface area contributed by atoms with Gasteiger partial charge in [0.05, 0.1) is 0 Å². The van der Waals surface area contributed by atoms with Crippen molar-refractivity contribution in [3.63, 3.8) is 0 Å². The summed E-state index contributed by atoms with van der Waals surface area (Å²) in [5.41, 5.74) is -5.23. The lowest BCUT2D eigenvalue weighted by atomic mass is 9.98. The molecule has 2 aliphatic rings. The van der Waals surface area contributed by atoms with Crippen LogP contribution in [0.5, 0.6) is 0 Å². The van der Waals surface area contributed by atoms with Crippen LogP contribution in [0, 0.1) is 5.92 Å². The molecule has 1 saturated heterocycles. The van der Waals surface area contributed by atoms with Gasteiger partial charge in [0.2, 0.25) is 0 Å². The molecular weight excluding hydrogens is 528 g/mol. The predicted octanol–water partition coefficient (Wildman–Crippen LogP) is 3.01. The number of halogens is 4. The third-order valence-corrected chi connectivity index (χ3v) is 7.84. The minimum Gasteiger partial charge on any atom is -0.357 e. The number of alkyl halides is 3. The van der Waals surface area contributed by atoms with Gasteiger partial charge in [0, 0.05) is 37.5 Å². The molecule has 2 atom stereocenters. The van der Waals surface area contributed by atoms with E-state index in [0.717, 1.165) is 25.3 Å².